The van der Waals surface area contributed by atoms with E-state index in [9.17, 15) is 4.79 Å². The number of aliphatic hydroxyl groups excluding tert-OH is 1. The van der Waals surface area contributed by atoms with Crippen LogP contribution in [0.2, 0.25) is 0 Å². The van der Waals surface area contributed by atoms with Gasteiger partial charge < -0.3 is 14.8 Å². The van der Waals surface area contributed by atoms with Crippen LogP contribution in [0, 0.1) is 0 Å². The fraction of sp³-hybridized carbons (Fsp3) is 0.385. The molecule has 7 heteroatoms. The van der Waals surface area contributed by atoms with Gasteiger partial charge in [-0.1, -0.05) is 0 Å². The van der Waals surface area contributed by atoms with E-state index in [2.05, 4.69) is 10.3 Å². The Kier molecular flexibility index (Phi) is 6.10. The number of nitrogens with one attached hydrogen (secondary N) is 1. The van der Waals surface area contributed by atoms with Gasteiger partial charge >= 0.3 is 0 Å². The summed E-state index contributed by atoms with van der Waals surface area (Å²) in [6.45, 7) is 0.822. The Bertz CT molecular complexity index is 525. The molecular weight excluding hydrogens is 296 g/mol. The third-order valence-corrected chi connectivity index (χ3v) is 4.45. The van der Waals surface area contributed by atoms with Gasteiger partial charge in [-0.05, 0) is 18.2 Å². The highest BCUT2D eigenvalue weighted by atomic mass is 32.2. The first-order chi connectivity index (χ1) is 9.81. The third kappa shape index (κ3) is 4.36. The van der Waals surface area contributed by atoms with Gasteiger partial charge in [-0.25, -0.2) is 4.98 Å². The van der Waals surface area contributed by atoms with Crippen LogP contribution in [-0.4, -0.2) is 40.7 Å². The number of hydrogen-bond acceptors (Lipinski definition) is 6. The van der Waals surface area contributed by atoms with Gasteiger partial charge in [-0.15, -0.1) is 11.3 Å². The summed E-state index contributed by atoms with van der Waals surface area (Å²) in [6, 6.07) is 1.82. The fourth-order valence-corrected chi connectivity index (χ4v) is 3.06. The van der Waals surface area contributed by atoms with Crippen molar-refractivity contribution < 1.29 is 14.3 Å². The summed E-state index contributed by atoms with van der Waals surface area (Å²) < 4.78 is 5.00. The molecule has 108 valence electrons. The average Bonchev–Trinajstić information content (AvgIpc) is 3.12. The van der Waals surface area contributed by atoms with Crippen LogP contribution < -0.4 is 5.32 Å². The molecule has 0 radical (unpaired) electrons. The van der Waals surface area contributed by atoms with E-state index in [0.29, 0.717) is 12.2 Å². The summed E-state index contributed by atoms with van der Waals surface area (Å²) in [5.74, 6) is 1.59. The largest absolute Gasteiger partial charge is 0.472 e. The molecule has 0 atom stereocenters. The maximum atomic E-state index is 11.9. The van der Waals surface area contributed by atoms with Crippen molar-refractivity contribution in [1.29, 1.82) is 0 Å². The minimum absolute atomic E-state index is 0.154. The van der Waals surface area contributed by atoms with Crippen LogP contribution >= 0.6 is 23.1 Å². The zero-order valence-electron chi connectivity index (χ0n) is 10.9. The number of aromatic nitrogens is 1. The average molecular weight is 312 g/mol. The molecule has 5 nitrogen and oxygen atoms in total. The van der Waals surface area contributed by atoms with Gasteiger partial charge in [0, 0.05) is 29.8 Å². The second-order valence-corrected chi connectivity index (χ2v) is 6.08. The minimum Gasteiger partial charge on any atom is -0.472 e. The number of nitrogens with zero attached hydrogens (tertiary/aromatic N) is 1. The zero-order chi connectivity index (χ0) is 14.2. The maximum Gasteiger partial charge on any atom is 0.270 e. The number of thioether (sulfide) groups is 1. The first-order valence-electron chi connectivity index (χ1n) is 6.26. The maximum absolute atomic E-state index is 11.9. The number of thiazole rings is 1. The number of carbonyl (C=O) groups is 1. The van der Waals surface area contributed by atoms with E-state index in [1.54, 1.807) is 29.7 Å². The molecule has 1 amide bonds. The quantitative estimate of drug-likeness (QED) is 0.731. The molecule has 0 unspecified atom stereocenters. The summed E-state index contributed by atoms with van der Waals surface area (Å²) in [5.41, 5.74) is 1.32. The zero-order valence-corrected chi connectivity index (χ0v) is 12.5. The van der Waals surface area contributed by atoms with Gasteiger partial charge in [-0.3, -0.25) is 4.79 Å². The smallest absolute Gasteiger partial charge is 0.270 e. The molecule has 0 fully saturated rings. The van der Waals surface area contributed by atoms with Crippen molar-refractivity contribution in [2.24, 2.45) is 0 Å². The van der Waals surface area contributed by atoms with Crippen LogP contribution in [0.1, 0.15) is 16.9 Å². The molecule has 0 saturated heterocycles. The highest BCUT2D eigenvalue weighted by Gasteiger charge is 2.11. The van der Waals surface area contributed by atoms with Crippen molar-refractivity contribution in [2.45, 2.75) is 6.42 Å². The van der Waals surface area contributed by atoms with Gasteiger partial charge in [0.15, 0.2) is 0 Å². The van der Waals surface area contributed by atoms with E-state index in [4.69, 9.17) is 9.52 Å². The van der Waals surface area contributed by atoms with Gasteiger partial charge in [0.25, 0.3) is 5.91 Å². The molecule has 0 spiro atoms. The Morgan fingerprint density at radius 3 is 3.15 bits per heavy atom. The van der Waals surface area contributed by atoms with Crippen LogP contribution in [0.4, 0.5) is 0 Å². The molecule has 0 saturated carbocycles. The molecule has 2 aromatic heterocycles. The minimum atomic E-state index is -0.154. The Hall–Kier alpha value is -1.31. The normalized spacial score (nSPS) is 10.7. The second-order valence-electron chi connectivity index (χ2n) is 4.00. The van der Waals surface area contributed by atoms with Crippen LogP contribution in [0.25, 0.3) is 10.6 Å². The second kappa shape index (κ2) is 8.08. The Morgan fingerprint density at radius 2 is 2.40 bits per heavy atom. The summed E-state index contributed by atoms with van der Waals surface area (Å²) in [5, 5.41) is 14.0. The predicted molar refractivity (Wildman–Crippen MR) is 81.2 cm³/mol. The van der Waals surface area contributed by atoms with E-state index in [-0.39, 0.29) is 12.5 Å². The monoisotopic (exact) mass is 312 g/mol. The molecule has 20 heavy (non-hydrogen) atoms. The van der Waals surface area contributed by atoms with Crippen LogP contribution in [0.3, 0.4) is 0 Å². The highest BCUT2D eigenvalue weighted by Crippen LogP contribution is 2.23. The van der Waals surface area contributed by atoms with Crippen molar-refractivity contribution in [1.82, 2.24) is 10.3 Å². The van der Waals surface area contributed by atoms with Gasteiger partial charge in [0.05, 0.1) is 6.26 Å². The Balaban J connectivity index is 1.76. The Morgan fingerprint density at radius 1 is 1.50 bits per heavy atom. The molecule has 2 N–H and O–H groups in total. The van der Waals surface area contributed by atoms with Crippen LogP contribution in [0.15, 0.2) is 28.4 Å². The lowest BCUT2D eigenvalue weighted by atomic mass is 10.3. The number of furan rings is 1. The third-order valence-electron chi connectivity index (χ3n) is 2.48. The van der Waals surface area contributed by atoms with E-state index in [0.717, 1.165) is 28.5 Å². The molecule has 2 rings (SSSR count). The lowest BCUT2D eigenvalue weighted by molar-refractivity contribution is 0.0952. The van der Waals surface area contributed by atoms with E-state index < -0.39 is 0 Å². The predicted octanol–water partition coefficient (Wildman–Crippen LogP) is 2.25. The SMILES string of the molecule is O=C(NCCSCCCO)c1csc(-c2ccoc2)n1. The number of rotatable bonds is 8. The van der Waals surface area contributed by atoms with Crippen molar-refractivity contribution in [3.05, 3.63) is 29.7 Å². The van der Waals surface area contributed by atoms with E-state index in [1.807, 2.05) is 6.07 Å². The number of carbonyl (C=O) groups excluding carboxylic acids is 1. The summed E-state index contributed by atoms with van der Waals surface area (Å²) >= 11 is 3.13. The molecule has 2 aromatic rings. The highest BCUT2D eigenvalue weighted by molar-refractivity contribution is 7.99. The fourth-order valence-electron chi connectivity index (χ4n) is 1.49. The van der Waals surface area contributed by atoms with Crippen molar-refractivity contribution in [3.63, 3.8) is 0 Å². The van der Waals surface area contributed by atoms with Gasteiger partial charge in [-0.2, -0.15) is 11.8 Å². The molecule has 0 aliphatic carbocycles. The number of aliphatic hydroxyl groups is 1. The van der Waals surface area contributed by atoms with Crippen LogP contribution in [0.5, 0.6) is 0 Å². The molecular formula is C13H16N2O3S2. The molecule has 0 bridgehead atoms. The molecule has 0 aliphatic rings. The van der Waals surface area contributed by atoms with Crippen molar-refractivity contribution in [2.75, 3.05) is 24.7 Å². The van der Waals surface area contributed by atoms with Crippen molar-refractivity contribution in [3.8, 4) is 10.6 Å². The molecule has 0 aromatic carbocycles. The Labute approximate surface area is 125 Å². The number of amides is 1. The van der Waals surface area contributed by atoms with E-state index >= 15 is 0 Å². The topological polar surface area (TPSA) is 75.4 Å². The van der Waals surface area contributed by atoms with Crippen molar-refractivity contribution >= 4 is 29.0 Å². The summed E-state index contributed by atoms with van der Waals surface area (Å²) in [6.07, 6.45) is 3.98. The first kappa shape index (κ1) is 15.1. The summed E-state index contributed by atoms with van der Waals surface area (Å²) in [4.78, 5) is 16.2. The summed E-state index contributed by atoms with van der Waals surface area (Å²) in [7, 11) is 0. The number of hydrogen-bond donors (Lipinski definition) is 2. The lowest BCUT2D eigenvalue weighted by Crippen LogP contribution is -2.26. The van der Waals surface area contributed by atoms with E-state index in [1.165, 1.54) is 11.3 Å². The van der Waals surface area contributed by atoms with Gasteiger partial charge in [0.1, 0.15) is 17.0 Å². The first-order valence-corrected chi connectivity index (χ1v) is 8.29. The molecule has 0 aliphatic heterocycles. The standard InChI is InChI=1S/C13H16N2O3S2/c16-4-1-6-19-7-3-14-12(17)11-9-20-13(15-11)10-2-5-18-8-10/h2,5,8-9,16H,1,3-4,6-7H2,(H,14,17). The molecule has 2 heterocycles. The van der Waals surface area contributed by atoms with Crippen LogP contribution in [-0.2, 0) is 0 Å². The lowest BCUT2D eigenvalue weighted by Gasteiger charge is -2.02. The van der Waals surface area contributed by atoms with Gasteiger partial charge in [0.2, 0.25) is 0 Å².